The van der Waals surface area contributed by atoms with Crippen LogP contribution < -0.4 is 5.73 Å². The van der Waals surface area contributed by atoms with Crippen molar-refractivity contribution in [3.8, 4) is 17.2 Å². The monoisotopic (exact) mass is 377 g/mol. The summed E-state index contributed by atoms with van der Waals surface area (Å²) in [4.78, 5) is 17.2. The number of benzene rings is 2. The van der Waals surface area contributed by atoms with Gasteiger partial charge in [0.1, 0.15) is 10.6 Å². The second kappa shape index (κ2) is 7.29. The molecule has 27 heavy (non-hydrogen) atoms. The number of ether oxygens (including phenoxy) is 1. The van der Waals surface area contributed by atoms with E-state index in [-0.39, 0.29) is 5.97 Å². The summed E-state index contributed by atoms with van der Waals surface area (Å²) in [5.41, 5.74) is 8.46. The van der Waals surface area contributed by atoms with Crippen LogP contribution >= 0.6 is 11.8 Å². The second-order valence-corrected chi connectivity index (χ2v) is 8.16. The summed E-state index contributed by atoms with van der Waals surface area (Å²) >= 11 is 1.37. The number of anilines is 1. The van der Waals surface area contributed by atoms with Gasteiger partial charge in [0.15, 0.2) is 0 Å². The van der Waals surface area contributed by atoms with Gasteiger partial charge in [0, 0.05) is 22.0 Å². The number of pyridine rings is 1. The maximum Gasteiger partial charge on any atom is 0.321 e. The minimum Gasteiger partial charge on any atom is -0.468 e. The zero-order valence-corrected chi connectivity index (χ0v) is 16.1. The van der Waals surface area contributed by atoms with Crippen molar-refractivity contribution in [3.63, 3.8) is 0 Å². The number of carbonyl (C=O) groups is 1. The molecule has 1 heterocycles. The first kappa shape index (κ1) is 18.7. The number of aromatic nitrogens is 1. The molecule has 0 spiro atoms. The summed E-state index contributed by atoms with van der Waals surface area (Å²) in [5, 5.41) is 11.2. The van der Waals surface area contributed by atoms with Crippen molar-refractivity contribution in [1.82, 2.24) is 4.98 Å². The highest BCUT2D eigenvalue weighted by Gasteiger charge is 2.31. The lowest BCUT2D eigenvalue weighted by molar-refractivity contribution is -0.142. The average molecular weight is 377 g/mol. The van der Waals surface area contributed by atoms with Crippen molar-refractivity contribution in [2.75, 3.05) is 12.8 Å². The summed E-state index contributed by atoms with van der Waals surface area (Å²) in [5.74, 6) is 0.0500. The van der Waals surface area contributed by atoms with Gasteiger partial charge < -0.3 is 10.5 Å². The number of carbonyl (C=O) groups excluding carboxylic acids is 1. The Kier molecular flexibility index (Phi) is 5.06. The van der Waals surface area contributed by atoms with Gasteiger partial charge in [-0.15, -0.1) is 11.8 Å². The molecule has 0 radical (unpaired) electrons. The third-order valence-electron chi connectivity index (χ3n) is 4.30. The highest BCUT2D eigenvalue weighted by Crippen LogP contribution is 2.43. The minimum absolute atomic E-state index is 0.321. The zero-order valence-electron chi connectivity index (χ0n) is 15.3. The molecule has 5 nitrogen and oxygen atoms in total. The first-order chi connectivity index (χ1) is 12.9. The van der Waals surface area contributed by atoms with Gasteiger partial charge in [-0.3, -0.25) is 4.79 Å². The van der Waals surface area contributed by atoms with E-state index in [0.29, 0.717) is 11.4 Å². The standard InChI is InChI=1S/C21H19N3O2S/c1-21(2,20(25)26-3)27-17-10-11-24-19(23)18(17)16-9-8-13(12-22)14-6-4-5-7-15(14)16/h4-11H,1-3H3,(H2,23,24). The maximum atomic E-state index is 12.1. The Hall–Kier alpha value is -3.04. The van der Waals surface area contributed by atoms with Crippen molar-refractivity contribution < 1.29 is 9.53 Å². The van der Waals surface area contributed by atoms with E-state index in [0.717, 1.165) is 26.8 Å². The summed E-state index contributed by atoms with van der Waals surface area (Å²) in [6.07, 6.45) is 1.63. The first-order valence-corrected chi connectivity index (χ1v) is 9.15. The lowest BCUT2D eigenvalue weighted by atomic mass is 9.95. The molecule has 0 fully saturated rings. The summed E-state index contributed by atoms with van der Waals surface area (Å²) < 4.78 is 4.13. The van der Waals surface area contributed by atoms with E-state index in [1.165, 1.54) is 18.9 Å². The van der Waals surface area contributed by atoms with Crippen LogP contribution in [0.4, 0.5) is 5.82 Å². The van der Waals surface area contributed by atoms with Crippen LogP contribution in [-0.4, -0.2) is 22.8 Å². The normalized spacial score (nSPS) is 11.2. The fourth-order valence-electron chi connectivity index (χ4n) is 2.99. The first-order valence-electron chi connectivity index (χ1n) is 8.33. The Balaban J connectivity index is 2.24. The van der Waals surface area contributed by atoms with Crippen LogP contribution in [0.5, 0.6) is 0 Å². The Labute approximate surface area is 162 Å². The number of hydrogen-bond acceptors (Lipinski definition) is 6. The maximum absolute atomic E-state index is 12.1. The lowest BCUT2D eigenvalue weighted by Crippen LogP contribution is -2.29. The van der Waals surface area contributed by atoms with E-state index in [2.05, 4.69) is 11.1 Å². The van der Waals surface area contributed by atoms with E-state index in [4.69, 9.17) is 10.5 Å². The molecule has 0 aliphatic rings. The van der Waals surface area contributed by atoms with E-state index >= 15 is 0 Å². The smallest absolute Gasteiger partial charge is 0.321 e. The van der Waals surface area contributed by atoms with Crippen LogP contribution in [0.3, 0.4) is 0 Å². The van der Waals surface area contributed by atoms with Crippen LogP contribution in [0.2, 0.25) is 0 Å². The predicted molar refractivity (Wildman–Crippen MR) is 108 cm³/mol. The van der Waals surface area contributed by atoms with Crippen molar-refractivity contribution in [3.05, 3.63) is 54.2 Å². The third kappa shape index (κ3) is 3.46. The fraction of sp³-hybridized carbons (Fsp3) is 0.190. The molecule has 2 N–H and O–H groups in total. The van der Waals surface area contributed by atoms with Gasteiger partial charge in [-0.05, 0) is 36.9 Å². The molecule has 1 aromatic heterocycles. The Morgan fingerprint density at radius 2 is 1.89 bits per heavy atom. The number of hydrogen-bond donors (Lipinski definition) is 1. The van der Waals surface area contributed by atoms with Crippen LogP contribution in [0.15, 0.2) is 53.6 Å². The Morgan fingerprint density at radius 1 is 1.19 bits per heavy atom. The molecule has 0 aliphatic heterocycles. The van der Waals surface area contributed by atoms with Crippen molar-refractivity contribution >= 4 is 34.3 Å². The summed E-state index contributed by atoms with van der Waals surface area (Å²) in [6.45, 7) is 3.61. The molecule has 3 rings (SSSR count). The van der Waals surface area contributed by atoms with Gasteiger partial charge in [-0.25, -0.2) is 4.98 Å². The van der Waals surface area contributed by atoms with Gasteiger partial charge in [-0.2, -0.15) is 5.26 Å². The summed E-state index contributed by atoms with van der Waals surface area (Å²) in [6, 6.07) is 15.4. The number of methoxy groups -OCH3 is 1. The molecule has 136 valence electrons. The largest absolute Gasteiger partial charge is 0.468 e. The molecular formula is C21H19N3O2S. The summed E-state index contributed by atoms with van der Waals surface area (Å²) in [7, 11) is 1.38. The van der Waals surface area contributed by atoms with Crippen LogP contribution in [0.25, 0.3) is 21.9 Å². The van der Waals surface area contributed by atoms with Gasteiger partial charge in [0.25, 0.3) is 0 Å². The molecule has 0 amide bonds. The highest BCUT2D eigenvalue weighted by molar-refractivity contribution is 8.01. The number of nitrogens with two attached hydrogens (primary N) is 1. The van der Waals surface area contributed by atoms with Gasteiger partial charge >= 0.3 is 5.97 Å². The predicted octanol–water partition coefficient (Wildman–Crippen LogP) is 4.40. The Bertz CT molecular complexity index is 1070. The second-order valence-electron chi connectivity index (χ2n) is 6.49. The number of thioether (sulfide) groups is 1. The quantitative estimate of drug-likeness (QED) is 0.535. The number of fused-ring (bicyclic) bond motifs is 1. The third-order valence-corrected chi connectivity index (χ3v) is 5.54. The van der Waals surface area contributed by atoms with Crippen LogP contribution in [0, 0.1) is 11.3 Å². The van der Waals surface area contributed by atoms with Crippen LogP contribution in [-0.2, 0) is 9.53 Å². The zero-order chi connectivity index (χ0) is 19.6. The van der Waals surface area contributed by atoms with Crippen molar-refractivity contribution in [2.45, 2.75) is 23.5 Å². The SMILES string of the molecule is COC(=O)C(C)(C)Sc1ccnc(N)c1-c1ccc(C#N)c2ccccc12. The average Bonchev–Trinajstić information content (AvgIpc) is 2.66. The number of nitrogen functional groups attached to an aromatic ring is 1. The van der Waals surface area contributed by atoms with Gasteiger partial charge in [-0.1, -0.05) is 30.3 Å². The fourth-order valence-corrected chi connectivity index (χ4v) is 4.15. The van der Waals surface area contributed by atoms with Crippen molar-refractivity contribution in [1.29, 1.82) is 5.26 Å². The van der Waals surface area contributed by atoms with E-state index < -0.39 is 4.75 Å². The highest BCUT2D eigenvalue weighted by atomic mass is 32.2. The van der Waals surface area contributed by atoms with Gasteiger partial charge in [0.05, 0.1) is 18.7 Å². The molecule has 0 aliphatic carbocycles. The molecule has 0 saturated carbocycles. The topological polar surface area (TPSA) is 89.0 Å². The van der Waals surface area contributed by atoms with Gasteiger partial charge in [0.2, 0.25) is 0 Å². The number of esters is 1. The molecule has 0 unspecified atom stereocenters. The number of nitriles is 1. The van der Waals surface area contributed by atoms with Crippen molar-refractivity contribution in [2.24, 2.45) is 0 Å². The molecule has 0 bridgehead atoms. The number of nitrogens with zero attached hydrogens (tertiary/aromatic N) is 2. The van der Waals surface area contributed by atoms with Crippen LogP contribution in [0.1, 0.15) is 19.4 Å². The van der Waals surface area contributed by atoms with E-state index in [1.807, 2.05) is 36.4 Å². The van der Waals surface area contributed by atoms with E-state index in [1.54, 1.807) is 26.1 Å². The molecule has 6 heteroatoms. The molecule has 3 aromatic rings. The minimum atomic E-state index is -0.792. The van der Waals surface area contributed by atoms with E-state index in [9.17, 15) is 10.1 Å². The molecular weight excluding hydrogens is 358 g/mol. The number of rotatable bonds is 4. The molecule has 0 atom stereocenters. The Morgan fingerprint density at radius 3 is 2.56 bits per heavy atom. The molecule has 2 aromatic carbocycles. The lowest BCUT2D eigenvalue weighted by Gasteiger charge is -2.23. The molecule has 0 saturated heterocycles.